The summed E-state index contributed by atoms with van der Waals surface area (Å²) in [5.74, 6) is -3.48. The van der Waals surface area contributed by atoms with E-state index >= 15 is 0 Å². The maximum atomic E-state index is 13.0. The summed E-state index contributed by atoms with van der Waals surface area (Å²) in [6, 6.07) is 4.13. The van der Waals surface area contributed by atoms with E-state index in [1.165, 1.54) is 16.4 Å². The molecule has 0 aromatic heterocycles. The van der Waals surface area contributed by atoms with Crippen LogP contribution in [0.1, 0.15) is 31.7 Å². The van der Waals surface area contributed by atoms with Crippen LogP contribution in [0, 0.1) is 11.7 Å². The summed E-state index contributed by atoms with van der Waals surface area (Å²) < 4.78 is 38.5. The summed E-state index contributed by atoms with van der Waals surface area (Å²) in [5, 5.41) is 12.0. The summed E-state index contributed by atoms with van der Waals surface area (Å²) in [5.41, 5.74) is 0.356. The summed E-state index contributed by atoms with van der Waals surface area (Å²) in [6.45, 7) is 3.55. The predicted octanol–water partition coefficient (Wildman–Crippen LogP) is 1.17. The van der Waals surface area contributed by atoms with Crippen molar-refractivity contribution in [1.82, 2.24) is 9.62 Å². The SMILES string of the molecule is CC(C)C(C(=O)NCC(C(=O)O)c1ccc(F)cc1)N1CCCS1(=O)=O. The van der Waals surface area contributed by atoms with E-state index in [2.05, 4.69) is 5.32 Å². The molecular weight excluding hydrogens is 363 g/mol. The second-order valence-electron chi connectivity index (χ2n) is 6.66. The van der Waals surface area contributed by atoms with Crippen LogP contribution in [-0.2, 0) is 19.6 Å². The number of halogens is 1. The Balaban J connectivity index is 2.13. The van der Waals surface area contributed by atoms with Crippen molar-refractivity contribution >= 4 is 21.9 Å². The molecule has 9 heteroatoms. The Kier molecular flexibility index (Phi) is 6.35. The van der Waals surface area contributed by atoms with E-state index in [9.17, 15) is 27.5 Å². The third-order valence-corrected chi connectivity index (χ3v) is 6.33. The molecule has 1 amide bonds. The number of rotatable bonds is 7. The number of benzene rings is 1. The fraction of sp³-hybridized carbons (Fsp3) is 0.529. The summed E-state index contributed by atoms with van der Waals surface area (Å²) in [7, 11) is -3.47. The number of nitrogens with zero attached hydrogens (tertiary/aromatic N) is 1. The van der Waals surface area contributed by atoms with E-state index in [1.807, 2.05) is 0 Å². The first-order valence-electron chi connectivity index (χ1n) is 8.39. The number of carboxylic acids is 1. The lowest BCUT2D eigenvalue weighted by molar-refractivity contribution is -0.138. The van der Waals surface area contributed by atoms with Gasteiger partial charge in [-0.2, -0.15) is 4.31 Å². The maximum absolute atomic E-state index is 13.0. The van der Waals surface area contributed by atoms with Crippen molar-refractivity contribution in [2.75, 3.05) is 18.8 Å². The summed E-state index contributed by atoms with van der Waals surface area (Å²) >= 11 is 0. The molecule has 1 aliphatic heterocycles. The number of hydrogen-bond donors (Lipinski definition) is 2. The first-order valence-corrected chi connectivity index (χ1v) is 10.00. The van der Waals surface area contributed by atoms with Gasteiger partial charge in [-0.25, -0.2) is 12.8 Å². The van der Waals surface area contributed by atoms with Crippen LogP contribution in [0.3, 0.4) is 0 Å². The second-order valence-corrected chi connectivity index (χ2v) is 8.70. The van der Waals surface area contributed by atoms with Crippen LogP contribution in [0.25, 0.3) is 0 Å². The molecule has 2 atom stereocenters. The number of amides is 1. The number of aliphatic carboxylic acids is 1. The number of carboxylic acid groups (broad SMARTS) is 1. The Labute approximate surface area is 152 Å². The van der Waals surface area contributed by atoms with Gasteiger partial charge in [-0.3, -0.25) is 9.59 Å². The van der Waals surface area contributed by atoms with Gasteiger partial charge in [0, 0.05) is 13.1 Å². The Morgan fingerprint density at radius 2 is 1.88 bits per heavy atom. The first kappa shape index (κ1) is 20.3. The molecule has 2 rings (SSSR count). The monoisotopic (exact) mass is 386 g/mol. The average Bonchev–Trinajstić information content (AvgIpc) is 2.88. The van der Waals surface area contributed by atoms with Crippen LogP contribution < -0.4 is 5.32 Å². The van der Waals surface area contributed by atoms with Crippen molar-refractivity contribution in [2.24, 2.45) is 5.92 Å². The quantitative estimate of drug-likeness (QED) is 0.732. The summed E-state index contributed by atoms with van der Waals surface area (Å²) in [6.07, 6.45) is 0.464. The van der Waals surface area contributed by atoms with Crippen molar-refractivity contribution < 1.29 is 27.5 Å². The minimum atomic E-state index is -3.47. The van der Waals surface area contributed by atoms with Crippen LogP contribution in [-0.4, -0.2) is 54.6 Å². The van der Waals surface area contributed by atoms with Gasteiger partial charge in [-0.1, -0.05) is 26.0 Å². The highest BCUT2D eigenvalue weighted by atomic mass is 32.2. The summed E-state index contributed by atoms with van der Waals surface area (Å²) in [4.78, 5) is 24.1. The van der Waals surface area contributed by atoms with Gasteiger partial charge in [-0.05, 0) is 30.0 Å². The number of hydrogen-bond acceptors (Lipinski definition) is 4. The van der Waals surface area contributed by atoms with E-state index in [4.69, 9.17) is 0 Å². The Hall–Kier alpha value is -2.00. The molecule has 0 radical (unpaired) electrons. The molecule has 1 aliphatic rings. The number of carbonyl (C=O) groups is 2. The molecule has 144 valence electrons. The van der Waals surface area contributed by atoms with E-state index in [-0.39, 0.29) is 24.8 Å². The normalized spacial score (nSPS) is 19.2. The molecule has 0 saturated carbocycles. The van der Waals surface area contributed by atoms with Crippen LogP contribution in [0.2, 0.25) is 0 Å². The molecule has 1 fully saturated rings. The lowest BCUT2D eigenvalue weighted by Crippen LogP contribution is -2.51. The standard InChI is InChI=1S/C17H23FN2O5S/c1-11(2)15(20-8-3-9-26(20,24)25)16(21)19-10-14(17(22)23)12-4-6-13(18)7-5-12/h4-7,11,14-15H,3,8-10H2,1-2H3,(H,19,21)(H,22,23). The Morgan fingerprint density at radius 3 is 2.35 bits per heavy atom. The van der Waals surface area contributed by atoms with E-state index in [1.54, 1.807) is 13.8 Å². The zero-order chi connectivity index (χ0) is 19.5. The van der Waals surface area contributed by atoms with Crippen LogP contribution in [0.5, 0.6) is 0 Å². The minimum absolute atomic E-state index is 0.0107. The van der Waals surface area contributed by atoms with Gasteiger partial charge in [0.15, 0.2) is 0 Å². The van der Waals surface area contributed by atoms with Crippen LogP contribution in [0.4, 0.5) is 4.39 Å². The molecular formula is C17H23FN2O5S. The molecule has 26 heavy (non-hydrogen) atoms. The predicted molar refractivity (Wildman–Crippen MR) is 93.5 cm³/mol. The van der Waals surface area contributed by atoms with Gasteiger partial charge >= 0.3 is 5.97 Å². The molecule has 1 aromatic rings. The molecule has 1 saturated heterocycles. The second kappa shape index (κ2) is 8.13. The average molecular weight is 386 g/mol. The highest BCUT2D eigenvalue weighted by Gasteiger charge is 2.40. The van der Waals surface area contributed by atoms with Gasteiger partial charge in [0.05, 0.1) is 11.7 Å². The lowest BCUT2D eigenvalue weighted by atomic mass is 9.98. The lowest BCUT2D eigenvalue weighted by Gasteiger charge is -2.29. The molecule has 2 N–H and O–H groups in total. The fourth-order valence-corrected chi connectivity index (χ4v) is 4.91. The number of sulfonamides is 1. The van der Waals surface area contributed by atoms with Crippen molar-refractivity contribution in [3.63, 3.8) is 0 Å². The topological polar surface area (TPSA) is 104 Å². The zero-order valence-corrected chi connectivity index (χ0v) is 15.5. The molecule has 0 aliphatic carbocycles. The molecule has 2 unspecified atom stereocenters. The smallest absolute Gasteiger partial charge is 0.312 e. The Morgan fingerprint density at radius 1 is 1.27 bits per heavy atom. The van der Waals surface area contributed by atoms with Crippen molar-refractivity contribution in [2.45, 2.75) is 32.2 Å². The third-order valence-electron chi connectivity index (χ3n) is 4.40. The first-order chi connectivity index (χ1) is 12.1. The molecule has 7 nitrogen and oxygen atoms in total. The van der Waals surface area contributed by atoms with Gasteiger partial charge in [0.25, 0.3) is 0 Å². The molecule has 1 heterocycles. The fourth-order valence-electron chi connectivity index (χ4n) is 3.09. The van der Waals surface area contributed by atoms with Gasteiger partial charge in [-0.15, -0.1) is 0 Å². The number of nitrogens with one attached hydrogen (secondary N) is 1. The highest BCUT2D eigenvalue weighted by Crippen LogP contribution is 2.23. The van der Waals surface area contributed by atoms with Crippen molar-refractivity contribution in [3.8, 4) is 0 Å². The maximum Gasteiger partial charge on any atom is 0.312 e. The van der Waals surface area contributed by atoms with Gasteiger partial charge in [0.1, 0.15) is 11.9 Å². The van der Waals surface area contributed by atoms with Crippen molar-refractivity contribution in [1.29, 1.82) is 0 Å². The van der Waals surface area contributed by atoms with Crippen LogP contribution in [0.15, 0.2) is 24.3 Å². The number of carbonyl (C=O) groups excluding carboxylic acids is 1. The molecule has 0 bridgehead atoms. The van der Waals surface area contributed by atoms with Gasteiger partial charge < -0.3 is 10.4 Å². The molecule has 1 aromatic carbocycles. The molecule has 0 spiro atoms. The largest absolute Gasteiger partial charge is 0.481 e. The zero-order valence-electron chi connectivity index (χ0n) is 14.7. The van der Waals surface area contributed by atoms with Crippen LogP contribution >= 0.6 is 0 Å². The third kappa shape index (κ3) is 4.59. The van der Waals surface area contributed by atoms with E-state index in [0.717, 1.165) is 12.1 Å². The Bertz CT molecular complexity index is 764. The van der Waals surface area contributed by atoms with E-state index in [0.29, 0.717) is 12.0 Å². The van der Waals surface area contributed by atoms with Crippen molar-refractivity contribution in [3.05, 3.63) is 35.6 Å². The van der Waals surface area contributed by atoms with E-state index < -0.39 is 39.7 Å². The highest BCUT2D eigenvalue weighted by molar-refractivity contribution is 7.89. The van der Waals surface area contributed by atoms with Gasteiger partial charge in [0.2, 0.25) is 15.9 Å². The minimum Gasteiger partial charge on any atom is -0.481 e.